The molecule has 8 heteroatoms. The lowest BCUT2D eigenvalue weighted by Gasteiger charge is -2.16. The second-order valence-corrected chi connectivity index (χ2v) is 9.74. The van der Waals surface area contributed by atoms with Crippen LogP contribution in [0, 0.1) is 5.92 Å². The fraction of sp³-hybridized carbons (Fsp3) is 0.368. The third kappa shape index (κ3) is 5.17. The van der Waals surface area contributed by atoms with Crippen LogP contribution in [0.25, 0.3) is 0 Å². The molecular formula is C19H21NO5S2. The van der Waals surface area contributed by atoms with Crippen LogP contribution in [-0.4, -0.2) is 33.0 Å². The Morgan fingerprint density at radius 1 is 1.26 bits per heavy atom. The van der Waals surface area contributed by atoms with E-state index in [1.165, 1.54) is 46.0 Å². The molecule has 1 aromatic carbocycles. The number of carbonyl (C=O) groups excluding carboxylic acids is 2. The number of benzene rings is 1. The molecule has 1 aliphatic rings. The van der Waals surface area contributed by atoms with Crippen LogP contribution in [0.1, 0.15) is 43.8 Å². The average Bonchev–Trinajstić information content (AvgIpc) is 3.01. The van der Waals surface area contributed by atoms with Crippen molar-refractivity contribution in [3.8, 4) is 0 Å². The normalized spacial score (nSPS) is 16.4. The monoisotopic (exact) mass is 407 g/mol. The summed E-state index contributed by atoms with van der Waals surface area (Å²) in [6.07, 6.45) is 4.15. The quantitative estimate of drug-likeness (QED) is 0.586. The molecule has 0 spiro atoms. The third-order valence-corrected chi connectivity index (χ3v) is 6.20. The molecule has 3 rings (SSSR count). The lowest BCUT2D eigenvalue weighted by atomic mass is 9.90. The van der Waals surface area contributed by atoms with Crippen molar-refractivity contribution >= 4 is 38.8 Å². The Kier molecular flexibility index (Phi) is 5.67. The van der Waals surface area contributed by atoms with Crippen LogP contribution in [0.3, 0.4) is 0 Å². The molecule has 6 nitrogen and oxygen atoms in total. The van der Waals surface area contributed by atoms with E-state index in [-0.39, 0.29) is 12.4 Å². The molecule has 0 unspecified atom stereocenters. The molecule has 0 amide bonds. The minimum atomic E-state index is -3.37. The van der Waals surface area contributed by atoms with Crippen LogP contribution in [0.2, 0.25) is 0 Å². The number of carbonyl (C=O) groups is 2. The number of nitrogens with one attached hydrogen (secondary N) is 1. The summed E-state index contributed by atoms with van der Waals surface area (Å²) in [7, 11) is -3.37. The molecule has 144 valence electrons. The molecule has 1 atom stereocenters. The van der Waals surface area contributed by atoms with Gasteiger partial charge in [0.25, 0.3) is 0 Å². The highest BCUT2D eigenvalue weighted by Gasteiger charge is 2.22. The van der Waals surface area contributed by atoms with Gasteiger partial charge in [0.1, 0.15) is 4.88 Å². The minimum Gasteiger partial charge on any atom is -0.453 e. The van der Waals surface area contributed by atoms with Crippen molar-refractivity contribution in [2.24, 2.45) is 5.92 Å². The highest BCUT2D eigenvalue weighted by atomic mass is 32.2. The summed E-state index contributed by atoms with van der Waals surface area (Å²) in [6, 6.07) is 7.85. The van der Waals surface area contributed by atoms with E-state index in [4.69, 9.17) is 4.74 Å². The number of ketones is 1. The lowest BCUT2D eigenvalue weighted by Crippen LogP contribution is -2.14. The Labute approximate surface area is 162 Å². The van der Waals surface area contributed by atoms with Crippen LogP contribution >= 0.6 is 11.3 Å². The Morgan fingerprint density at radius 3 is 2.63 bits per heavy atom. The Morgan fingerprint density at radius 2 is 1.96 bits per heavy atom. The van der Waals surface area contributed by atoms with Crippen LogP contribution in [-0.2, 0) is 27.6 Å². The molecule has 0 saturated carbocycles. The Bertz CT molecular complexity index is 960. The molecule has 1 aliphatic carbocycles. The van der Waals surface area contributed by atoms with E-state index in [1.54, 1.807) is 0 Å². The highest BCUT2D eigenvalue weighted by molar-refractivity contribution is 7.92. The van der Waals surface area contributed by atoms with Gasteiger partial charge < -0.3 is 4.74 Å². The SMILES string of the molecule is C[C@@H]1CCc2sc(C(=O)OCC(=O)c3ccc(NS(C)(=O)=O)cc3)cc2C1. The lowest BCUT2D eigenvalue weighted by molar-refractivity contribution is 0.0479. The van der Waals surface area contributed by atoms with E-state index >= 15 is 0 Å². The fourth-order valence-corrected chi connectivity index (χ4v) is 4.70. The first-order valence-electron chi connectivity index (χ1n) is 8.61. The maximum atomic E-state index is 12.2. The minimum absolute atomic E-state index is 0.343. The average molecular weight is 408 g/mol. The number of Topliss-reactive ketones (excluding diaryl/α,β-unsaturated/α-hetero) is 1. The smallest absolute Gasteiger partial charge is 0.348 e. The molecule has 1 N–H and O–H groups in total. The second kappa shape index (κ2) is 7.82. The van der Waals surface area contributed by atoms with Gasteiger partial charge in [-0.3, -0.25) is 9.52 Å². The first kappa shape index (κ1) is 19.6. The molecule has 0 saturated heterocycles. The standard InChI is InChI=1S/C19H21NO5S2/c1-12-3-8-17-14(9-12)10-18(26-17)19(22)25-11-16(21)13-4-6-15(7-5-13)20-27(2,23)24/h4-7,10,12,20H,3,8-9,11H2,1-2H3/t12-/m1/s1. The molecule has 0 bridgehead atoms. The summed E-state index contributed by atoms with van der Waals surface area (Å²) < 4.78 is 29.9. The number of ether oxygens (including phenoxy) is 1. The maximum Gasteiger partial charge on any atom is 0.348 e. The van der Waals surface area contributed by atoms with Crippen LogP contribution in [0.15, 0.2) is 30.3 Å². The van der Waals surface area contributed by atoms with Gasteiger partial charge in [-0.2, -0.15) is 0 Å². The summed E-state index contributed by atoms with van der Waals surface area (Å²) in [5.41, 5.74) is 1.93. The van der Waals surface area contributed by atoms with Crippen LogP contribution in [0.4, 0.5) is 5.69 Å². The highest BCUT2D eigenvalue weighted by Crippen LogP contribution is 2.32. The number of hydrogen-bond acceptors (Lipinski definition) is 6. The van der Waals surface area contributed by atoms with Crippen LogP contribution < -0.4 is 4.72 Å². The largest absolute Gasteiger partial charge is 0.453 e. The van der Waals surface area contributed by atoms with Crippen molar-refractivity contribution in [2.45, 2.75) is 26.2 Å². The summed E-state index contributed by atoms with van der Waals surface area (Å²) in [5.74, 6) is -0.201. The number of thiophene rings is 1. The molecule has 1 heterocycles. The number of hydrogen-bond donors (Lipinski definition) is 1. The van der Waals surface area contributed by atoms with Crippen molar-refractivity contribution in [1.29, 1.82) is 0 Å². The zero-order valence-corrected chi connectivity index (χ0v) is 16.8. The van der Waals surface area contributed by atoms with E-state index in [0.717, 1.165) is 25.5 Å². The predicted octanol–water partition coefficient (Wildman–Crippen LogP) is 3.28. The Balaban J connectivity index is 1.58. The zero-order chi connectivity index (χ0) is 19.6. The first-order chi connectivity index (χ1) is 12.7. The van der Waals surface area contributed by atoms with E-state index in [0.29, 0.717) is 22.0 Å². The van der Waals surface area contributed by atoms with Crippen molar-refractivity contribution < 1.29 is 22.7 Å². The molecular weight excluding hydrogens is 386 g/mol. The van der Waals surface area contributed by atoms with E-state index in [1.807, 2.05) is 6.07 Å². The summed E-state index contributed by atoms with van der Waals surface area (Å²) in [4.78, 5) is 26.2. The molecule has 1 aromatic heterocycles. The van der Waals surface area contributed by atoms with E-state index in [2.05, 4.69) is 11.6 Å². The molecule has 0 radical (unpaired) electrons. The van der Waals surface area contributed by atoms with Gasteiger partial charge in [0.15, 0.2) is 12.4 Å². The van der Waals surface area contributed by atoms with Gasteiger partial charge in [0.05, 0.1) is 6.26 Å². The van der Waals surface area contributed by atoms with Gasteiger partial charge in [-0.25, -0.2) is 13.2 Å². The number of esters is 1. The van der Waals surface area contributed by atoms with Crippen molar-refractivity contribution in [1.82, 2.24) is 0 Å². The molecule has 27 heavy (non-hydrogen) atoms. The van der Waals surface area contributed by atoms with Crippen molar-refractivity contribution in [3.05, 3.63) is 51.2 Å². The van der Waals surface area contributed by atoms with E-state index in [9.17, 15) is 18.0 Å². The van der Waals surface area contributed by atoms with Gasteiger partial charge in [0, 0.05) is 16.1 Å². The number of anilines is 1. The molecule has 0 aliphatic heterocycles. The third-order valence-electron chi connectivity index (χ3n) is 4.37. The zero-order valence-electron chi connectivity index (χ0n) is 15.2. The van der Waals surface area contributed by atoms with Crippen molar-refractivity contribution in [2.75, 3.05) is 17.6 Å². The number of sulfonamides is 1. The predicted molar refractivity (Wildman–Crippen MR) is 105 cm³/mol. The van der Waals surface area contributed by atoms with Gasteiger partial charge >= 0.3 is 5.97 Å². The first-order valence-corrected chi connectivity index (χ1v) is 11.3. The topological polar surface area (TPSA) is 89.5 Å². The van der Waals surface area contributed by atoms with Gasteiger partial charge in [-0.15, -0.1) is 11.3 Å². The number of fused-ring (bicyclic) bond motifs is 1. The van der Waals surface area contributed by atoms with Gasteiger partial charge in [-0.05, 0) is 61.1 Å². The van der Waals surface area contributed by atoms with Gasteiger partial charge in [-0.1, -0.05) is 6.92 Å². The van der Waals surface area contributed by atoms with Gasteiger partial charge in [0.2, 0.25) is 10.0 Å². The molecule has 0 fully saturated rings. The number of aryl methyl sites for hydroxylation is 1. The van der Waals surface area contributed by atoms with E-state index < -0.39 is 16.0 Å². The van der Waals surface area contributed by atoms with Crippen LogP contribution in [0.5, 0.6) is 0 Å². The Hall–Kier alpha value is -2.19. The second-order valence-electron chi connectivity index (χ2n) is 6.86. The van der Waals surface area contributed by atoms with Crippen molar-refractivity contribution in [3.63, 3.8) is 0 Å². The summed E-state index contributed by atoms with van der Waals surface area (Å²) in [6.45, 7) is 1.85. The summed E-state index contributed by atoms with van der Waals surface area (Å²) in [5, 5.41) is 0. The number of rotatable bonds is 6. The molecule has 2 aromatic rings. The maximum absolute atomic E-state index is 12.2. The fourth-order valence-electron chi connectivity index (χ4n) is 3.03. The summed E-state index contributed by atoms with van der Waals surface area (Å²) >= 11 is 1.45.